The van der Waals surface area contributed by atoms with Crippen LogP contribution < -0.4 is 5.32 Å². The fraction of sp³-hybridized carbons (Fsp3) is 0.0588. The quantitative estimate of drug-likeness (QED) is 0.568. The van der Waals surface area contributed by atoms with Crippen LogP contribution in [0.15, 0.2) is 57.7 Å². The Balaban J connectivity index is 1.59. The Kier molecular flexibility index (Phi) is 3.81. The van der Waals surface area contributed by atoms with Crippen molar-refractivity contribution in [2.24, 2.45) is 0 Å². The largest absolute Gasteiger partial charge is 0.451 e. The first-order valence-corrected chi connectivity index (χ1v) is 8.24. The summed E-state index contributed by atoms with van der Waals surface area (Å²) in [6, 6.07) is 12.8. The molecule has 4 aromatic rings. The van der Waals surface area contributed by atoms with Gasteiger partial charge in [-0.3, -0.25) is 4.79 Å². The molecule has 0 fully saturated rings. The molecule has 1 N–H and O–H groups in total. The topological polar surface area (TPSA) is 85.8 Å². The SMILES string of the molecule is Cc1c(C(=O)Nc2ccc(-n3cnnn3)cc2)oc2ccc(Br)cc12. The van der Waals surface area contributed by atoms with E-state index in [2.05, 4.69) is 36.8 Å². The maximum atomic E-state index is 12.5. The average molecular weight is 398 g/mol. The molecule has 2 aromatic heterocycles. The van der Waals surface area contributed by atoms with Crippen LogP contribution >= 0.6 is 15.9 Å². The van der Waals surface area contributed by atoms with Crippen LogP contribution in [0.4, 0.5) is 5.69 Å². The van der Waals surface area contributed by atoms with Crippen LogP contribution in [0.5, 0.6) is 0 Å². The summed E-state index contributed by atoms with van der Waals surface area (Å²) in [5.41, 5.74) is 2.94. The van der Waals surface area contributed by atoms with Crippen molar-refractivity contribution in [1.29, 1.82) is 0 Å². The molecule has 0 radical (unpaired) electrons. The molecule has 0 saturated carbocycles. The number of aromatic nitrogens is 4. The smallest absolute Gasteiger partial charge is 0.291 e. The number of amides is 1. The molecule has 0 aliphatic heterocycles. The zero-order valence-electron chi connectivity index (χ0n) is 13.1. The summed E-state index contributed by atoms with van der Waals surface area (Å²) in [4.78, 5) is 12.5. The van der Waals surface area contributed by atoms with Gasteiger partial charge >= 0.3 is 0 Å². The Labute approximate surface area is 150 Å². The number of benzene rings is 2. The number of anilines is 1. The van der Waals surface area contributed by atoms with Crippen molar-refractivity contribution in [1.82, 2.24) is 20.2 Å². The minimum Gasteiger partial charge on any atom is -0.451 e. The minimum atomic E-state index is -0.292. The van der Waals surface area contributed by atoms with Gasteiger partial charge < -0.3 is 9.73 Å². The minimum absolute atomic E-state index is 0.292. The molecular weight excluding hydrogens is 386 g/mol. The van der Waals surface area contributed by atoms with E-state index in [0.717, 1.165) is 21.1 Å². The number of aryl methyl sites for hydroxylation is 1. The number of fused-ring (bicyclic) bond motifs is 1. The first-order chi connectivity index (χ1) is 12.1. The van der Waals surface area contributed by atoms with Gasteiger partial charge in [0.15, 0.2) is 5.76 Å². The van der Waals surface area contributed by atoms with Crippen molar-refractivity contribution in [2.45, 2.75) is 6.92 Å². The summed E-state index contributed by atoms with van der Waals surface area (Å²) in [7, 11) is 0. The molecule has 1 amide bonds. The van der Waals surface area contributed by atoms with Gasteiger partial charge in [0.2, 0.25) is 0 Å². The van der Waals surface area contributed by atoms with Crippen LogP contribution in [-0.4, -0.2) is 26.1 Å². The van der Waals surface area contributed by atoms with E-state index >= 15 is 0 Å². The van der Waals surface area contributed by atoms with Gasteiger partial charge in [0, 0.05) is 21.1 Å². The van der Waals surface area contributed by atoms with Gasteiger partial charge in [0.05, 0.1) is 5.69 Å². The predicted molar refractivity (Wildman–Crippen MR) is 95.8 cm³/mol. The van der Waals surface area contributed by atoms with Crippen molar-refractivity contribution in [3.8, 4) is 5.69 Å². The lowest BCUT2D eigenvalue weighted by atomic mass is 10.1. The Hall–Kier alpha value is -3.00. The van der Waals surface area contributed by atoms with Crippen LogP contribution in [0.25, 0.3) is 16.7 Å². The fourth-order valence-electron chi connectivity index (χ4n) is 2.57. The second kappa shape index (κ2) is 6.14. The van der Waals surface area contributed by atoms with Gasteiger partial charge in [-0.2, -0.15) is 0 Å². The zero-order chi connectivity index (χ0) is 17.4. The zero-order valence-corrected chi connectivity index (χ0v) is 14.7. The number of carbonyl (C=O) groups excluding carboxylic acids is 1. The molecule has 0 unspecified atom stereocenters. The Morgan fingerprint density at radius 2 is 2.00 bits per heavy atom. The molecule has 0 bridgehead atoms. The lowest BCUT2D eigenvalue weighted by molar-refractivity contribution is 0.0998. The molecule has 4 rings (SSSR count). The lowest BCUT2D eigenvalue weighted by Crippen LogP contribution is -2.12. The predicted octanol–water partition coefficient (Wildman–Crippen LogP) is 3.73. The van der Waals surface area contributed by atoms with Gasteiger partial charge in [-0.25, -0.2) is 4.68 Å². The molecular formula is C17H12BrN5O2. The Morgan fingerprint density at radius 3 is 2.72 bits per heavy atom. The lowest BCUT2D eigenvalue weighted by Gasteiger charge is -2.05. The van der Waals surface area contributed by atoms with Gasteiger partial charge in [0.1, 0.15) is 11.9 Å². The van der Waals surface area contributed by atoms with E-state index in [1.165, 1.54) is 11.0 Å². The highest BCUT2D eigenvalue weighted by atomic mass is 79.9. The number of furan rings is 1. The number of rotatable bonds is 3. The van der Waals surface area contributed by atoms with Crippen molar-refractivity contribution in [3.05, 3.63) is 64.6 Å². The third kappa shape index (κ3) is 2.91. The number of nitrogens with zero attached hydrogens (tertiary/aromatic N) is 4. The highest BCUT2D eigenvalue weighted by Gasteiger charge is 2.18. The summed E-state index contributed by atoms with van der Waals surface area (Å²) < 4.78 is 8.18. The monoisotopic (exact) mass is 397 g/mol. The average Bonchev–Trinajstić information content (AvgIpc) is 3.25. The highest BCUT2D eigenvalue weighted by Crippen LogP contribution is 2.28. The number of hydrogen-bond acceptors (Lipinski definition) is 5. The van der Waals surface area contributed by atoms with Crippen LogP contribution in [0.3, 0.4) is 0 Å². The summed E-state index contributed by atoms with van der Waals surface area (Å²) in [6.07, 6.45) is 1.50. The van der Waals surface area contributed by atoms with E-state index in [0.29, 0.717) is 17.0 Å². The molecule has 0 aliphatic rings. The summed E-state index contributed by atoms with van der Waals surface area (Å²) in [5.74, 6) is 0.0117. The number of carbonyl (C=O) groups is 1. The van der Waals surface area contributed by atoms with Gasteiger partial charge in [-0.05, 0) is 59.8 Å². The van der Waals surface area contributed by atoms with Crippen LogP contribution in [0, 0.1) is 6.92 Å². The molecule has 7 nitrogen and oxygen atoms in total. The molecule has 2 heterocycles. The standard InChI is InChI=1S/C17H12BrN5O2/c1-10-14-8-11(18)2-7-15(14)25-16(10)17(24)20-12-3-5-13(6-4-12)23-9-19-21-22-23/h2-9H,1H3,(H,20,24). The van der Waals surface area contributed by atoms with Crippen LogP contribution in [0.2, 0.25) is 0 Å². The summed E-state index contributed by atoms with van der Waals surface area (Å²) in [6.45, 7) is 1.87. The Bertz CT molecular complexity index is 1050. The van der Waals surface area contributed by atoms with E-state index in [1.54, 1.807) is 12.1 Å². The summed E-state index contributed by atoms with van der Waals surface area (Å²) >= 11 is 3.43. The normalized spacial score (nSPS) is 11.0. The van der Waals surface area contributed by atoms with Gasteiger partial charge in [0.25, 0.3) is 5.91 Å². The first kappa shape index (κ1) is 15.5. The van der Waals surface area contributed by atoms with E-state index in [1.807, 2.05) is 37.3 Å². The van der Waals surface area contributed by atoms with Crippen LogP contribution in [0.1, 0.15) is 16.1 Å². The summed E-state index contributed by atoms with van der Waals surface area (Å²) in [5, 5.41) is 14.8. The van der Waals surface area contributed by atoms with E-state index in [-0.39, 0.29) is 5.91 Å². The van der Waals surface area contributed by atoms with Gasteiger partial charge in [-0.15, -0.1) is 5.10 Å². The first-order valence-electron chi connectivity index (χ1n) is 7.45. The molecule has 124 valence electrons. The van der Waals surface area contributed by atoms with Crippen molar-refractivity contribution < 1.29 is 9.21 Å². The number of tetrazole rings is 1. The third-order valence-corrected chi connectivity index (χ3v) is 4.34. The third-order valence-electron chi connectivity index (χ3n) is 3.84. The van der Waals surface area contributed by atoms with Crippen LogP contribution in [-0.2, 0) is 0 Å². The number of nitrogens with one attached hydrogen (secondary N) is 1. The van der Waals surface area contributed by atoms with E-state index in [4.69, 9.17) is 4.42 Å². The van der Waals surface area contributed by atoms with Crippen molar-refractivity contribution in [2.75, 3.05) is 5.32 Å². The van der Waals surface area contributed by atoms with E-state index < -0.39 is 0 Å². The van der Waals surface area contributed by atoms with Crippen molar-refractivity contribution in [3.63, 3.8) is 0 Å². The second-order valence-corrected chi connectivity index (χ2v) is 6.37. The molecule has 2 aromatic carbocycles. The van der Waals surface area contributed by atoms with Crippen molar-refractivity contribution >= 4 is 38.5 Å². The molecule has 25 heavy (non-hydrogen) atoms. The second-order valence-electron chi connectivity index (χ2n) is 5.45. The number of halogens is 1. The highest BCUT2D eigenvalue weighted by molar-refractivity contribution is 9.10. The molecule has 0 saturated heterocycles. The number of hydrogen-bond donors (Lipinski definition) is 1. The van der Waals surface area contributed by atoms with E-state index in [9.17, 15) is 4.79 Å². The molecule has 0 spiro atoms. The molecule has 0 aliphatic carbocycles. The maximum absolute atomic E-state index is 12.5. The fourth-order valence-corrected chi connectivity index (χ4v) is 2.94. The Morgan fingerprint density at radius 1 is 1.20 bits per heavy atom. The van der Waals surface area contributed by atoms with Gasteiger partial charge in [-0.1, -0.05) is 15.9 Å². The molecule has 0 atom stereocenters. The molecule has 8 heteroatoms. The maximum Gasteiger partial charge on any atom is 0.291 e.